The maximum Gasteiger partial charge on any atom is 0.347 e. The summed E-state index contributed by atoms with van der Waals surface area (Å²) in [5.41, 5.74) is -0.456. The first-order valence-electron chi connectivity index (χ1n) is 7.85. The molecule has 2 N–H and O–H groups in total. The van der Waals surface area contributed by atoms with Gasteiger partial charge in [0.05, 0.1) is 5.56 Å². The van der Waals surface area contributed by atoms with Gasteiger partial charge in [0.15, 0.2) is 11.4 Å². The van der Waals surface area contributed by atoms with E-state index in [1.807, 2.05) is 30.5 Å². The molecule has 0 aliphatic heterocycles. The van der Waals surface area contributed by atoms with Crippen molar-refractivity contribution in [2.75, 3.05) is 6.26 Å². The Morgan fingerprint density at radius 2 is 1.77 bits per heavy atom. The molecule has 2 aromatic carbocycles. The molecule has 136 valence electrons. The zero-order chi connectivity index (χ0) is 19.3. The van der Waals surface area contributed by atoms with Gasteiger partial charge < -0.3 is 14.9 Å². The Bertz CT molecular complexity index is 838. The first kappa shape index (κ1) is 19.6. The SMILES string of the molecule is CSc1ccc(/C=C/C(=O)c2ccc(OC(C)(C)C(=O)O)cc2O)cc1. The van der Waals surface area contributed by atoms with E-state index in [4.69, 9.17) is 9.84 Å². The highest BCUT2D eigenvalue weighted by Gasteiger charge is 2.29. The molecule has 6 heteroatoms. The number of carbonyl (C=O) groups is 2. The van der Waals surface area contributed by atoms with Crippen molar-refractivity contribution >= 4 is 29.6 Å². The van der Waals surface area contributed by atoms with Crippen molar-refractivity contribution in [1.29, 1.82) is 0 Å². The van der Waals surface area contributed by atoms with E-state index in [1.165, 1.54) is 38.1 Å². The molecule has 5 nitrogen and oxygen atoms in total. The molecule has 0 saturated heterocycles. The van der Waals surface area contributed by atoms with Gasteiger partial charge in [0.25, 0.3) is 0 Å². The molecule has 0 amide bonds. The van der Waals surface area contributed by atoms with Crippen LogP contribution < -0.4 is 4.74 Å². The number of carboxylic acid groups (broad SMARTS) is 1. The van der Waals surface area contributed by atoms with E-state index >= 15 is 0 Å². The summed E-state index contributed by atoms with van der Waals surface area (Å²) in [6.45, 7) is 2.80. The minimum absolute atomic E-state index is 0.113. The number of rotatable bonds is 7. The number of carboxylic acids is 1. The van der Waals surface area contributed by atoms with Gasteiger partial charge >= 0.3 is 5.97 Å². The van der Waals surface area contributed by atoms with E-state index in [-0.39, 0.29) is 22.8 Å². The number of phenols is 1. The largest absolute Gasteiger partial charge is 0.507 e. The summed E-state index contributed by atoms with van der Waals surface area (Å²) >= 11 is 1.63. The molecule has 0 aromatic heterocycles. The number of hydrogen-bond donors (Lipinski definition) is 2. The fraction of sp³-hybridized carbons (Fsp3) is 0.200. The van der Waals surface area contributed by atoms with Gasteiger partial charge in [-0.05, 0) is 56.0 Å². The van der Waals surface area contributed by atoms with Crippen molar-refractivity contribution in [3.05, 3.63) is 59.7 Å². The minimum Gasteiger partial charge on any atom is -0.507 e. The van der Waals surface area contributed by atoms with Gasteiger partial charge in [0.2, 0.25) is 0 Å². The van der Waals surface area contributed by atoms with Gasteiger partial charge in [-0.15, -0.1) is 11.8 Å². The second-order valence-electron chi connectivity index (χ2n) is 6.07. The molecular weight excluding hydrogens is 352 g/mol. The number of phenolic OH excluding ortho intramolecular Hbond substituents is 1. The Morgan fingerprint density at radius 3 is 2.31 bits per heavy atom. The molecule has 0 radical (unpaired) electrons. The monoisotopic (exact) mass is 372 g/mol. The first-order chi connectivity index (χ1) is 12.2. The van der Waals surface area contributed by atoms with Crippen LogP contribution in [0.4, 0.5) is 0 Å². The molecule has 2 aromatic rings. The number of ether oxygens (including phenoxy) is 1. The van der Waals surface area contributed by atoms with Crippen molar-refractivity contribution < 1.29 is 24.5 Å². The molecule has 0 spiro atoms. The molecule has 26 heavy (non-hydrogen) atoms. The van der Waals surface area contributed by atoms with Crippen molar-refractivity contribution in [1.82, 2.24) is 0 Å². The maximum atomic E-state index is 12.3. The fourth-order valence-corrected chi connectivity index (χ4v) is 2.51. The minimum atomic E-state index is -1.44. The van der Waals surface area contributed by atoms with Gasteiger partial charge in [-0.25, -0.2) is 4.79 Å². The third-order valence-electron chi connectivity index (χ3n) is 3.67. The molecule has 0 saturated carbocycles. The van der Waals surface area contributed by atoms with Crippen molar-refractivity contribution in [2.45, 2.75) is 24.3 Å². The third kappa shape index (κ3) is 4.89. The summed E-state index contributed by atoms with van der Waals surface area (Å²) in [6, 6.07) is 11.8. The number of aliphatic carboxylic acids is 1. The van der Waals surface area contributed by atoms with Crippen LogP contribution in [0, 0.1) is 0 Å². The highest BCUT2D eigenvalue weighted by Crippen LogP contribution is 2.27. The molecule has 0 heterocycles. The highest BCUT2D eigenvalue weighted by molar-refractivity contribution is 7.98. The summed E-state index contributed by atoms with van der Waals surface area (Å²) < 4.78 is 5.34. The van der Waals surface area contributed by atoms with E-state index in [0.29, 0.717) is 0 Å². The van der Waals surface area contributed by atoms with E-state index in [0.717, 1.165) is 10.5 Å². The number of ketones is 1. The van der Waals surface area contributed by atoms with E-state index in [1.54, 1.807) is 17.8 Å². The summed E-state index contributed by atoms with van der Waals surface area (Å²) in [5, 5.41) is 19.2. The van der Waals surface area contributed by atoms with Crippen LogP contribution >= 0.6 is 11.8 Å². The maximum absolute atomic E-state index is 12.3. The lowest BCUT2D eigenvalue weighted by Crippen LogP contribution is -2.37. The quantitative estimate of drug-likeness (QED) is 0.429. The summed E-state index contributed by atoms with van der Waals surface area (Å²) in [5.74, 6) is -1.59. The number of hydrogen-bond acceptors (Lipinski definition) is 5. The lowest BCUT2D eigenvalue weighted by Gasteiger charge is -2.21. The zero-order valence-electron chi connectivity index (χ0n) is 14.7. The van der Waals surface area contributed by atoms with E-state index in [9.17, 15) is 14.7 Å². The van der Waals surface area contributed by atoms with Crippen LogP contribution in [0.1, 0.15) is 29.8 Å². The average Bonchev–Trinajstić information content (AvgIpc) is 2.59. The topological polar surface area (TPSA) is 83.8 Å². The number of aromatic hydroxyl groups is 1. The summed E-state index contributed by atoms with van der Waals surface area (Å²) in [6.07, 6.45) is 5.04. The first-order valence-corrected chi connectivity index (χ1v) is 9.07. The molecular formula is C20H20O5S. The lowest BCUT2D eigenvalue weighted by molar-refractivity contribution is -0.152. The van der Waals surface area contributed by atoms with Crippen molar-refractivity contribution in [3.63, 3.8) is 0 Å². The van der Waals surface area contributed by atoms with Gasteiger partial charge in [0, 0.05) is 11.0 Å². The van der Waals surface area contributed by atoms with Gasteiger partial charge in [-0.3, -0.25) is 4.79 Å². The van der Waals surface area contributed by atoms with Crippen molar-refractivity contribution in [2.24, 2.45) is 0 Å². The van der Waals surface area contributed by atoms with Crippen LogP contribution in [-0.2, 0) is 4.79 Å². The predicted molar refractivity (Wildman–Crippen MR) is 102 cm³/mol. The number of allylic oxidation sites excluding steroid dienone is 1. The average molecular weight is 372 g/mol. The van der Waals surface area contributed by atoms with Crippen LogP contribution in [0.3, 0.4) is 0 Å². The van der Waals surface area contributed by atoms with E-state index in [2.05, 4.69) is 0 Å². The number of benzene rings is 2. The smallest absolute Gasteiger partial charge is 0.347 e. The highest BCUT2D eigenvalue weighted by atomic mass is 32.2. The van der Waals surface area contributed by atoms with Gasteiger partial charge in [-0.1, -0.05) is 18.2 Å². The zero-order valence-corrected chi connectivity index (χ0v) is 15.5. The Labute approximate surface area is 156 Å². The molecule has 2 rings (SSSR count). The van der Waals surface area contributed by atoms with Crippen LogP contribution in [-0.4, -0.2) is 33.8 Å². The number of thioether (sulfide) groups is 1. The normalized spacial score (nSPS) is 11.5. The van der Waals surface area contributed by atoms with Gasteiger partial charge in [-0.2, -0.15) is 0 Å². The second kappa shape index (κ2) is 8.10. The predicted octanol–water partition coefficient (Wildman–Crippen LogP) is 4.25. The Kier molecular flexibility index (Phi) is 6.10. The lowest BCUT2D eigenvalue weighted by atomic mass is 10.1. The molecule has 0 bridgehead atoms. The fourth-order valence-electron chi connectivity index (χ4n) is 2.10. The molecule has 0 unspecified atom stereocenters. The molecule has 0 aliphatic rings. The van der Waals surface area contributed by atoms with Crippen LogP contribution in [0.5, 0.6) is 11.5 Å². The molecule has 0 aliphatic carbocycles. The van der Waals surface area contributed by atoms with Crippen LogP contribution in [0.25, 0.3) is 6.08 Å². The summed E-state index contributed by atoms with van der Waals surface area (Å²) in [7, 11) is 0. The third-order valence-corrected chi connectivity index (χ3v) is 4.41. The van der Waals surface area contributed by atoms with Crippen LogP contribution in [0.15, 0.2) is 53.4 Å². The summed E-state index contributed by atoms with van der Waals surface area (Å²) in [4.78, 5) is 24.5. The Balaban J connectivity index is 2.13. The second-order valence-corrected chi connectivity index (χ2v) is 6.95. The Morgan fingerprint density at radius 1 is 1.12 bits per heavy atom. The Hall–Kier alpha value is -2.73. The van der Waals surface area contributed by atoms with Crippen LogP contribution in [0.2, 0.25) is 0 Å². The van der Waals surface area contributed by atoms with Crippen molar-refractivity contribution in [3.8, 4) is 11.5 Å². The standard InChI is InChI=1S/C20H20O5S/c1-20(2,19(23)24)25-14-7-10-16(18(22)12-14)17(21)11-6-13-4-8-15(26-3)9-5-13/h4-12,22H,1-3H3,(H,23,24)/b11-6+. The number of carbonyl (C=O) groups excluding carboxylic acids is 1. The van der Waals surface area contributed by atoms with Gasteiger partial charge in [0.1, 0.15) is 11.5 Å². The molecule has 0 atom stereocenters. The van der Waals surface area contributed by atoms with E-state index < -0.39 is 11.6 Å². The molecule has 0 fully saturated rings.